The van der Waals surface area contributed by atoms with Crippen LogP contribution in [-0.4, -0.2) is 31.5 Å². The molecule has 1 heterocycles. The van der Waals surface area contributed by atoms with E-state index in [1.54, 1.807) is 12.1 Å². The van der Waals surface area contributed by atoms with Gasteiger partial charge in [-0.3, -0.25) is 9.59 Å². The van der Waals surface area contributed by atoms with Crippen LogP contribution in [-0.2, 0) is 4.79 Å². The summed E-state index contributed by atoms with van der Waals surface area (Å²) in [6.07, 6.45) is 3.67. The van der Waals surface area contributed by atoms with Crippen LogP contribution in [0.3, 0.4) is 0 Å². The van der Waals surface area contributed by atoms with Gasteiger partial charge in [-0.15, -0.1) is 0 Å². The molecule has 3 rings (SSSR count). The van der Waals surface area contributed by atoms with E-state index in [1.807, 2.05) is 32.0 Å². The topological polar surface area (TPSA) is 84.7 Å². The fourth-order valence-corrected chi connectivity index (χ4v) is 3.69. The van der Waals surface area contributed by atoms with Gasteiger partial charge in [0, 0.05) is 18.7 Å². The summed E-state index contributed by atoms with van der Waals surface area (Å²) in [6.45, 7) is 6.19. The summed E-state index contributed by atoms with van der Waals surface area (Å²) in [7, 11) is 0. The van der Waals surface area contributed by atoms with Crippen LogP contribution in [0, 0.1) is 13.8 Å². The highest BCUT2D eigenvalue weighted by Crippen LogP contribution is 2.30. The third kappa shape index (κ3) is 5.73. The van der Waals surface area contributed by atoms with Gasteiger partial charge in [0.25, 0.3) is 0 Å². The Morgan fingerprint density at radius 1 is 1.03 bits per heavy atom. The van der Waals surface area contributed by atoms with E-state index in [1.165, 1.54) is 6.42 Å². The van der Waals surface area contributed by atoms with Gasteiger partial charge in [-0.25, -0.2) is 0 Å². The maximum atomic E-state index is 12.5. The zero-order valence-electron chi connectivity index (χ0n) is 17.2. The van der Waals surface area contributed by atoms with Gasteiger partial charge in [0.15, 0.2) is 0 Å². The van der Waals surface area contributed by atoms with Crippen molar-refractivity contribution in [3.63, 3.8) is 0 Å². The van der Waals surface area contributed by atoms with Crippen LogP contribution in [0.5, 0.6) is 5.75 Å². The largest absolute Gasteiger partial charge is 0.493 e. The number of nitrogens with two attached hydrogens (primary N) is 1. The third-order valence-corrected chi connectivity index (χ3v) is 5.04. The number of rotatable bonds is 7. The average molecular weight is 396 g/mol. The first-order valence-corrected chi connectivity index (χ1v) is 10.1. The molecule has 1 aliphatic rings. The van der Waals surface area contributed by atoms with Crippen LogP contribution in [0.1, 0.15) is 47.2 Å². The number of nitrogens with one attached hydrogen (secondary N) is 1. The van der Waals surface area contributed by atoms with E-state index in [2.05, 4.69) is 16.3 Å². The van der Waals surface area contributed by atoms with Crippen molar-refractivity contribution in [3.8, 4) is 5.75 Å². The molecule has 0 unspecified atom stereocenters. The summed E-state index contributed by atoms with van der Waals surface area (Å²) in [5.74, 6) is 0.0955. The van der Waals surface area contributed by atoms with Crippen molar-refractivity contribution in [1.82, 2.24) is 0 Å². The average Bonchev–Trinajstić information content (AvgIpc) is 2.68. The molecule has 1 saturated heterocycles. The number of piperidine rings is 1. The molecule has 2 aromatic carbocycles. The molecule has 154 valence electrons. The Labute approximate surface area is 172 Å². The molecule has 0 aliphatic carbocycles. The highest BCUT2D eigenvalue weighted by atomic mass is 16.5. The summed E-state index contributed by atoms with van der Waals surface area (Å²) in [5, 5.41) is 2.94. The Kier molecular flexibility index (Phi) is 6.75. The number of aryl methyl sites for hydroxylation is 2. The predicted molar refractivity (Wildman–Crippen MR) is 116 cm³/mol. The van der Waals surface area contributed by atoms with E-state index < -0.39 is 5.91 Å². The molecule has 0 atom stereocenters. The quantitative estimate of drug-likeness (QED) is 0.747. The number of nitrogens with zero attached hydrogens (tertiary/aromatic N) is 1. The molecule has 2 aromatic rings. The zero-order chi connectivity index (χ0) is 20.8. The van der Waals surface area contributed by atoms with Crippen LogP contribution < -0.4 is 20.7 Å². The van der Waals surface area contributed by atoms with E-state index in [9.17, 15) is 9.59 Å². The minimum absolute atomic E-state index is 0.158. The second-order valence-electron chi connectivity index (χ2n) is 7.61. The standard InChI is InChI=1S/C23H29N3O3/c1-16-12-17(2)14-19(13-16)29-11-8-22(27)25-20-15-18(23(24)28)6-7-21(20)26-9-4-3-5-10-26/h6-7,12-15H,3-5,8-11H2,1-2H3,(H2,24,28)(H,25,27). The lowest BCUT2D eigenvalue weighted by Crippen LogP contribution is -2.30. The molecule has 3 N–H and O–H groups in total. The normalized spacial score (nSPS) is 13.8. The monoisotopic (exact) mass is 395 g/mol. The Morgan fingerprint density at radius 3 is 2.38 bits per heavy atom. The Hall–Kier alpha value is -3.02. The molecule has 6 heteroatoms. The van der Waals surface area contributed by atoms with E-state index in [0.717, 1.165) is 48.5 Å². The number of ether oxygens (including phenoxy) is 1. The molecule has 6 nitrogen and oxygen atoms in total. The molecule has 0 radical (unpaired) electrons. The number of primary amides is 1. The van der Waals surface area contributed by atoms with Crippen molar-refractivity contribution < 1.29 is 14.3 Å². The SMILES string of the molecule is Cc1cc(C)cc(OCCC(=O)Nc2cc(C(N)=O)ccc2N2CCCCC2)c1. The van der Waals surface area contributed by atoms with Crippen LogP contribution in [0.2, 0.25) is 0 Å². The first-order valence-electron chi connectivity index (χ1n) is 10.1. The predicted octanol–water partition coefficient (Wildman–Crippen LogP) is 3.80. The lowest BCUT2D eigenvalue weighted by Gasteiger charge is -2.30. The number of hydrogen-bond acceptors (Lipinski definition) is 4. The molecular formula is C23H29N3O3. The highest BCUT2D eigenvalue weighted by molar-refractivity contribution is 5.99. The number of hydrogen-bond donors (Lipinski definition) is 2. The minimum atomic E-state index is -0.510. The number of benzene rings is 2. The molecule has 0 aromatic heterocycles. The van der Waals surface area contributed by atoms with E-state index in [0.29, 0.717) is 11.3 Å². The summed E-state index contributed by atoms with van der Waals surface area (Å²) in [5.41, 5.74) is 9.61. The summed E-state index contributed by atoms with van der Waals surface area (Å²) >= 11 is 0. The van der Waals surface area contributed by atoms with Gasteiger partial charge in [0.1, 0.15) is 5.75 Å². The maximum Gasteiger partial charge on any atom is 0.248 e. The molecule has 2 amide bonds. The fraction of sp³-hybridized carbons (Fsp3) is 0.391. The van der Waals surface area contributed by atoms with Gasteiger partial charge in [0.2, 0.25) is 11.8 Å². The van der Waals surface area contributed by atoms with Gasteiger partial charge < -0.3 is 20.7 Å². The van der Waals surface area contributed by atoms with Gasteiger partial charge in [-0.2, -0.15) is 0 Å². The van der Waals surface area contributed by atoms with Gasteiger partial charge in [-0.05, 0) is 74.6 Å². The molecule has 0 saturated carbocycles. The van der Waals surface area contributed by atoms with Gasteiger partial charge >= 0.3 is 0 Å². The van der Waals surface area contributed by atoms with Crippen molar-refractivity contribution in [2.24, 2.45) is 5.73 Å². The number of carbonyl (C=O) groups is 2. The third-order valence-electron chi connectivity index (χ3n) is 5.04. The van der Waals surface area contributed by atoms with Crippen molar-refractivity contribution in [2.45, 2.75) is 39.5 Å². The number of carbonyl (C=O) groups excluding carboxylic acids is 2. The molecule has 0 bridgehead atoms. The van der Waals surface area contributed by atoms with Crippen molar-refractivity contribution in [3.05, 3.63) is 53.1 Å². The Bertz CT molecular complexity index is 869. The molecule has 1 aliphatic heterocycles. The second kappa shape index (κ2) is 9.45. The Balaban J connectivity index is 1.66. The van der Waals surface area contributed by atoms with Gasteiger partial charge in [0.05, 0.1) is 24.4 Å². The molecule has 1 fully saturated rings. The highest BCUT2D eigenvalue weighted by Gasteiger charge is 2.17. The maximum absolute atomic E-state index is 12.5. The summed E-state index contributed by atoms with van der Waals surface area (Å²) in [6, 6.07) is 11.2. The Morgan fingerprint density at radius 2 is 1.72 bits per heavy atom. The van der Waals surface area contributed by atoms with Crippen LogP contribution in [0.25, 0.3) is 0 Å². The first-order chi connectivity index (χ1) is 13.9. The second-order valence-corrected chi connectivity index (χ2v) is 7.61. The minimum Gasteiger partial charge on any atom is -0.493 e. The molecule has 29 heavy (non-hydrogen) atoms. The lowest BCUT2D eigenvalue weighted by atomic mass is 10.1. The number of anilines is 2. The van der Waals surface area contributed by atoms with Crippen molar-refractivity contribution in [2.75, 3.05) is 29.9 Å². The van der Waals surface area contributed by atoms with Crippen LogP contribution in [0.4, 0.5) is 11.4 Å². The molecule has 0 spiro atoms. The fourth-order valence-electron chi connectivity index (χ4n) is 3.69. The van der Waals surface area contributed by atoms with E-state index in [4.69, 9.17) is 10.5 Å². The zero-order valence-corrected chi connectivity index (χ0v) is 17.2. The van der Waals surface area contributed by atoms with E-state index in [-0.39, 0.29) is 18.9 Å². The first kappa shape index (κ1) is 20.7. The van der Waals surface area contributed by atoms with E-state index >= 15 is 0 Å². The smallest absolute Gasteiger partial charge is 0.248 e. The summed E-state index contributed by atoms with van der Waals surface area (Å²) in [4.78, 5) is 26.4. The van der Waals surface area contributed by atoms with Crippen molar-refractivity contribution >= 4 is 23.2 Å². The molecular weight excluding hydrogens is 366 g/mol. The van der Waals surface area contributed by atoms with Gasteiger partial charge in [-0.1, -0.05) is 6.07 Å². The lowest BCUT2D eigenvalue weighted by molar-refractivity contribution is -0.116. The van der Waals surface area contributed by atoms with Crippen LogP contribution in [0.15, 0.2) is 36.4 Å². The van der Waals surface area contributed by atoms with Crippen LogP contribution >= 0.6 is 0 Å². The summed E-state index contributed by atoms with van der Waals surface area (Å²) < 4.78 is 5.74. The number of amides is 2. The van der Waals surface area contributed by atoms with Crippen molar-refractivity contribution in [1.29, 1.82) is 0 Å².